The second kappa shape index (κ2) is 14.9. The molecular weight excluding hydrogens is 232 g/mol. The van der Waals surface area contributed by atoms with Crippen molar-refractivity contribution in [3.8, 4) is 0 Å². The lowest BCUT2D eigenvalue weighted by Crippen LogP contribution is -1.93. The third-order valence-corrected chi connectivity index (χ3v) is 1.71. The van der Waals surface area contributed by atoms with E-state index < -0.39 is 11.9 Å². The summed E-state index contributed by atoms with van der Waals surface area (Å²) in [6.45, 7) is 13.2. The maximum atomic E-state index is 9.86. The first-order chi connectivity index (χ1) is 8.28. The van der Waals surface area contributed by atoms with Crippen LogP contribution in [0.4, 0.5) is 0 Å². The van der Waals surface area contributed by atoms with Crippen LogP contribution in [-0.4, -0.2) is 22.2 Å². The van der Waals surface area contributed by atoms with E-state index >= 15 is 0 Å². The lowest BCUT2D eigenvalue weighted by atomic mass is 10.3. The van der Waals surface area contributed by atoms with E-state index in [0.29, 0.717) is 11.1 Å². The molecule has 0 fully saturated rings. The molecule has 0 saturated heterocycles. The first-order valence-corrected chi connectivity index (χ1v) is 5.24. The van der Waals surface area contributed by atoms with Crippen LogP contribution in [-0.2, 0) is 9.59 Å². The normalized spacial score (nSPS) is 10.0. The molecule has 0 spiro atoms. The van der Waals surface area contributed by atoms with Crippen molar-refractivity contribution >= 4 is 11.9 Å². The van der Waals surface area contributed by atoms with E-state index in [2.05, 4.69) is 13.2 Å². The lowest BCUT2D eigenvalue weighted by Gasteiger charge is -1.84. The van der Waals surface area contributed by atoms with E-state index in [1.54, 1.807) is 52.0 Å². The fraction of sp³-hybridized carbons (Fsp3) is 0.286. The number of hydrogen-bond donors (Lipinski definition) is 2. The molecule has 0 aromatic rings. The lowest BCUT2D eigenvalue weighted by molar-refractivity contribution is -0.133. The highest BCUT2D eigenvalue weighted by Gasteiger charge is 1.93. The van der Waals surface area contributed by atoms with Gasteiger partial charge in [-0.25, -0.2) is 9.59 Å². The van der Waals surface area contributed by atoms with Crippen LogP contribution < -0.4 is 0 Å². The van der Waals surface area contributed by atoms with Gasteiger partial charge in [-0.3, -0.25) is 0 Å². The quantitative estimate of drug-likeness (QED) is 0.597. The van der Waals surface area contributed by atoms with E-state index in [-0.39, 0.29) is 0 Å². The Balaban J connectivity index is -0.000000196. The van der Waals surface area contributed by atoms with Gasteiger partial charge in [0.25, 0.3) is 0 Å². The first-order valence-electron chi connectivity index (χ1n) is 5.24. The van der Waals surface area contributed by atoms with Gasteiger partial charge < -0.3 is 10.2 Å². The largest absolute Gasteiger partial charge is 0.478 e. The molecule has 0 heterocycles. The summed E-state index contributed by atoms with van der Waals surface area (Å²) in [6.07, 6.45) is 6.39. The first kappa shape index (κ1) is 21.2. The topological polar surface area (TPSA) is 74.6 Å². The van der Waals surface area contributed by atoms with E-state index in [0.717, 1.165) is 0 Å². The molecule has 0 aliphatic rings. The molecule has 102 valence electrons. The average Bonchev–Trinajstić information content (AvgIpc) is 2.37. The van der Waals surface area contributed by atoms with Crippen molar-refractivity contribution in [3.05, 3.63) is 48.6 Å². The Labute approximate surface area is 109 Å². The van der Waals surface area contributed by atoms with Crippen LogP contribution in [0, 0.1) is 0 Å². The van der Waals surface area contributed by atoms with Gasteiger partial charge in [-0.15, -0.1) is 0 Å². The van der Waals surface area contributed by atoms with Gasteiger partial charge in [0.2, 0.25) is 0 Å². The Kier molecular flexibility index (Phi) is 17.6. The summed E-state index contributed by atoms with van der Waals surface area (Å²) in [7, 11) is 0. The summed E-state index contributed by atoms with van der Waals surface area (Å²) in [5, 5.41) is 16.2. The molecule has 0 unspecified atom stereocenters. The van der Waals surface area contributed by atoms with E-state index in [9.17, 15) is 9.59 Å². The third kappa shape index (κ3) is 19.5. The van der Waals surface area contributed by atoms with E-state index in [4.69, 9.17) is 10.2 Å². The zero-order valence-corrected chi connectivity index (χ0v) is 11.4. The molecule has 0 bridgehead atoms. The number of rotatable bonds is 3. The van der Waals surface area contributed by atoms with Crippen LogP contribution in [0.15, 0.2) is 48.6 Å². The molecule has 0 rings (SSSR count). The van der Waals surface area contributed by atoms with Gasteiger partial charge >= 0.3 is 11.9 Å². The molecule has 2 N–H and O–H groups in total. The second-order valence-electron chi connectivity index (χ2n) is 3.03. The molecular formula is C14H22O4. The maximum Gasteiger partial charge on any atom is 0.330 e. The van der Waals surface area contributed by atoms with Crippen molar-refractivity contribution in [1.82, 2.24) is 0 Å². The fourth-order valence-electron chi connectivity index (χ4n) is 0.247. The molecule has 0 aliphatic heterocycles. The molecule has 0 amide bonds. The van der Waals surface area contributed by atoms with E-state index in [1.165, 1.54) is 0 Å². The summed E-state index contributed by atoms with van der Waals surface area (Å²) in [5.74, 6) is -1.69. The fourth-order valence-corrected chi connectivity index (χ4v) is 0.247. The molecule has 0 radical (unpaired) electrons. The van der Waals surface area contributed by atoms with Gasteiger partial charge in [0, 0.05) is 11.1 Å². The zero-order chi connectivity index (χ0) is 15.1. The van der Waals surface area contributed by atoms with Gasteiger partial charge in [-0.05, 0) is 27.7 Å². The molecule has 0 aliphatic carbocycles. The molecule has 0 aromatic heterocycles. The second-order valence-corrected chi connectivity index (χ2v) is 3.03. The number of allylic oxidation sites excluding steroid dienone is 4. The number of carbonyl (C=O) groups is 2. The molecule has 0 atom stereocenters. The SMILES string of the molecule is C=CC=C.CC=C(C)C(=O)O.CC=C(C)C(=O)O. The smallest absolute Gasteiger partial charge is 0.330 e. The molecule has 4 heteroatoms. The Morgan fingerprint density at radius 2 is 1.06 bits per heavy atom. The highest BCUT2D eigenvalue weighted by Crippen LogP contribution is 1.88. The van der Waals surface area contributed by atoms with Crippen molar-refractivity contribution in [2.75, 3.05) is 0 Å². The van der Waals surface area contributed by atoms with E-state index in [1.807, 2.05) is 0 Å². The predicted molar refractivity (Wildman–Crippen MR) is 74.5 cm³/mol. The summed E-state index contributed by atoms with van der Waals surface area (Å²) in [6, 6.07) is 0. The minimum absolute atomic E-state index is 0.389. The average molecular weight is 254 g/mol. The van der Waals surface area contributed by atoms with Crippen molar-refractivity contribution in [2.24, 2.45) is 0 Å². The van der Waals surface area contributed by atoms with Crippen LogP contribution >= 0.6 is 0 Å². The maximum absolute atomic E-state index is 9.86. The molecule has 0 saturated carbocycles. The van der Waals surface area contributed by atoms with Crippen molar-refractivity contribution in [3.63, 3.8) is 0 Å². The monoisotopic (exact) mass is 254 g/mol. The number of aliphatic carboxylic acids is 2. The Bertz CT molecular complexity index is 302. The number of carboxylic acid groups (broad SMARTS) is 2. The summed E-state index contributed by atoms with van der Waals surface area (Å²) in [4.78, 5) is 19.7. The van der Waals surface area contributed by atoms with Crippen LogP contribution in [0.1, 0.15) is 27.7 Å². The van der Waals surface area contributed by atoms with Gasteiger partial charge in [-0.2, -0.15) is 0 Å². The van der Waals surface area contributed by atoms with Crippen molar-refractivity contribution in [1.29, 1.82) is 0 Å². The third-order valence-electron chi connectivity index (χ3n) is 1.71. The minimum Gasteiger partial charge on any atom is -0.478 e. The summed E-state index contributed by atoms with van der Waals surface area (Å²) in [5.41, 5.74) is 0.778. The molecule has 0 aromatic carbocycles. The summed E-state index contributed by atoms with van der Waals surface area (Å²) < 4.78 is 0. The van der Waals surface area contributed by atoms with Crippen LogP contribution in [0.25, 0.3) is 0 Å². The van der Waals surface area contributed by atoms with Gasteiger partial charge in [-0.1, -0.05) is 37.5 Å². The number of carboxylic acids is 2. The number of hydrogen-bond acceptors (Lipinski definition) is 2. The highest BCUT2D eigenvalue weighted by molar-refractivity contribution is 5.85. The van der Waals surface area contributed by atoms with Crippen molar-refractivity contribution in [2.45, 2.75) is 27.7 Å². The van der Waals surface area contributed by atoms with Crippen LogP contribution in [0.2, 0.25) is 0 Å². The Morgan fingerprint density at radius 1 is 0.833 bits per heavy atom. The van der Waals surface area contributed by atoms with Crippen LogP contribution in [0.5, 0.6) is 0 Å². The zero-order valence-electron chi connectivity index (χ0n) is 11.4. The van der Waals surface area contributed by atoms with Gasteiger partial charge in [0.15, 0.2) is 0 Å². The Morgan fingerprint density at radius 3 is 1.06 bits per heavy atom. The standard InChI is InChI=1S/2C5H8O2.C4H6/c2*1-3-4(2)5(6)7;1-3-4-2/h2*3H,1-2H3,(H,6,7);3-4H,1-2H2. The summed E-state index contributed by atoms with van der Waals surface area (Å²) >= 11 is 0. The van der Waals surface area contributed by atoms with Crippen molar-refractivity contribution < 1.29 is 19.8 Å². The molecule has 4 nitrogen and oxygen atoms in total. The molecule has 18 heavy (non-hydrogen) atoms. The van der Waals surface area contributed by atoms with Crippen LogP contribution in [0.3, 0.4) is 0 Å². The van der Waals surface area contributed by atoms with Gasteiger partial charge in [0.05, 0.1) is 0 Å². The Hall–Kier alpha value is -2.10. The predicted octanol–water partition coefficient (Wildman–Crippen LogP) is 3.43. The highest BCUT2D eigenvalue weighted by atomic mass is 16.4. The minimum atomic E-state index is -0.845. The van der Waals surface area contributed by atoms with Gasteiger partial charge in [0.1, 0.15) is 0 Å².